The fourth-order valence-corrected chi connectivity index (χ4v) is 4.79. The molecule has 0 aliphatic heterocycles. The number of benzene rings is 3. The lowest BCUT2D eigenvalue weighted by molar-refractivity contribution is 0.418. The summed E-state index contributed by atoms with van der Waals surface area (Å²) in [6, 6.07) is 20.6. The molecule has 0 radical (unpaired) electrons. The summed E-state index contributed by atoms with van der Waals surface area (Å²) < 4.78 is 32.1. The minimum Gasteiger partial charge on any atom is -0.496 e. The summed E-state index contributed by atoms with van der Waals surface area (Å²) in [6.07, 6.45) is 0. The standard InChI is InChI=1S/C19H15F2OP/c1-22-18-4-2-3-5-19(18)23(16-10-6-14(20)7-11-16)17-12-8-15(21)9-13-17/h2-13H,1H3. The van der Waals surface area contributed by atoms with Crippen LogP contribution in [0.15, 0.2) is 72.8 Å². The third-order valence-corrected chi connectivity index (χ3v) is 5.98. The van der Waals surface area contributed by atoms with E-state index in [-0.39, 0.29) is 11.6 Å². The number of methoxy groups -OCH3 is 1. The molecule has 4 heteroatoms. The van der Waals surface area contributed by atoms with Gasteiger partial charge in [-0.05, 0) is 48.9 Å². The Morgan fingerprint density at radius 2 is 1.17 bits per heavy atom. The van der Waals surface area contributed by atoms with Gasteiger partial charge < -0.3 is 4.74 Å². The van der Waals surface area contributed by atoms with Crippen LogP contribution in [0, 0.1) is 11.6 Å². The van der Waals surface area contributed by atoms with Gasteiger partial charge in [0.1, 0.15) is 17.4 Å². The van der Waals surface area contributed by atoms with Crippen LogP contribution < -0.4 is 20.7 Å². The Balaban J connectivity index is 2.17. The second-order valence-electron chi connectivity index (χ2n) is 4.96. The SMILES string of the molecule is COc1ccccc1P(c1ccc(F)cc1)c1ccc(F)cc1. The van der Waals surface area contributed by atoms with Crippen LogP contribution in [0.25, 0.3) is 0 Å². The predicted octanol–water partition coefficient (Wildman–Crippen LogP) is 3.73. The Morgan fingerprint density at radius 3 is 1.65 bits per heavy atom. The van der Waals surface area contributed by atoms with Crippen molar-refractivity contribution in [1.82, 2.24) is 0 Å². The second-order valence-corrected chi connectivity index (χ2v) is 7.15. The quantitative estimate of drug-likeness (QED) is 0.663. The first-order valence-electron chi connectivity index (χ1n) is 7.13. The Bertz CT molecular complexity index is 740. The number of ether oxygens (including phenoxy) is 1. The van der Waals surface area contributed by atoms with E-state index in [1.165, 1.54) is 24.3 Å². The van der Waals surface area contributed by atoms with Gasteiger partial charge in [0.05, 0.1) is 7.11 Å². The van der Waals surface area contributed by atoms with E-state index in [4.69, 9.17) is 4.74 Å². The van der Waals surface area contributed by atoms with Gasteiger partial charge in [0.15, 0.2) is 0 Å². The van der Waals surface area contributed by atoms with Gasteiger partial charge in [-0.25, -0.2) is 8.78 Å². The van der Waals surface area contributed by atoms with Gasteiger partial charge in [0.2, 0.25) is 0 Å². The van der Waals surface area contributed by atoms with Gasteiger partial charge in [-0.15, -0.1) is 0 Å². The molecule has 0 aromatic heterocycles. The summed E-state index contributed by atoms with van der Waals surface area (Å²) in [5, 5.41) is 2.98. The number of para-hydroxylation sites is 1. The van der Waals surface area contributed by atoms with Crippen molar-refractivity contribution in [3.63, 3.8) is 0 Å². The molecule has 1 nitrogen and oxygen atoms in total. The molecule has 0 heterocycles. The van der Waals surface area contributed by atoms with E-state index in [1.807, 2.05) is 24.3 Å². The molecule has 23 heavy (non-hydrogen) atoms. The van der Waals surface area contributed by atoms with E-state index < -0.39 is 7.92 Å². The maximum absolute atomic E-state index is 13.3. The zero-order valence-corrected chi connectivity index (χ0v) is 13.4. The third kappa shape index (κ3) is 3.40. The van der Waals surface area contributed by atoms with Crippen molar-refractivity contribution < 1.29 is 13.5 Å². The smallest absolute Gasteiger partial charge is 0.127 e. The van der Waals surface area contributed by atoms with Crippen molar-refractivity contribution in [2.45, 2.75) is 0 Å². The van der Waals surface area contributed by atoms with E-state index in [0.717, 1.165) is 21.7 Å². The molecule has 0 aliphatic carbocycles. The average molecular weight is 328 g/mol. The summed E-state index contributed by atoms with van der Waals surface area (Å²) in [6.45, 7) is 0. The van der Waals surface area contributed by atoms with Crippen molar-refractivity contribution in [2.24, 2.45) is 0 Å². The van der Waals surface area contributed by atoms with E-state index in [0.29, 0.717) is 0 Å². The molecule has 3 aromatic carbocycles. The molecule has 0 unspecified atom stereocenters. The highest BCUT2D eigenvalue weighted by atomic mass is 31.1. The minimum atomic E-state index is -0.956. The van der Waals surface area contributed by atoms with Crippen LogP contribution in [0.4, 0.5) is 8.78 Å². The fourth-order valence-electron chi connectivity index (χ4n) is 2.42. The minimum absolute atomic E-state index is 0.275. The molecule has 0 aliphatic rings. The van der Waals surface area contributed by atoms with Gasteiger partial charge in [-0.1, -0.05) is 42.5 Å². The van der Waals surface area contributed by atoms with Crippen LogP contribution in [0.5, 0.6) is 5.75 Å². The lowest BCUT2D eigenvalue weighted by atomic mass is 10.3. The summed E-state index contributed by atoms with van der Waals surface area (Å²) >= 11 is 0. The fraction of sp³-hybridized carbons (Fsp3) is 0.0526. The molecular weight excluding hydrogens is 313 g/mol. The van der Waals surface area contributed by atoms with Crippen LogP contribution in [-0.2, 0) is 0 Å². The molecule has 0 amide bonds. The van der Waals surface area contributed by atoms with Crippen LogP contribution in [0.3, 0.4) is 0 Å². The Kier molecular flexibility index (Phi) is 4.68. The van der Waals surface area contributed by atoms with E-state index >= 15 is 0 Å². The zero-order chi connectivity index (χ0) is 16.2. The molecule has 3 rings (SSSR count). The number of hydrogen-bond donors (Lipinski definition) is 0. The van der Waals surface area contributed by atoms with Crippen molar-refractivity contribution in [3.8, 4) is 5.75 Å². The number of hydrogen-bond acceptors (Lipinski definition) is 1. The molecule has 0 bridgehead atoms. The van der Waals surface area contributed by atoms with Gasteiger partial charge >= 0.3 is 0 Å². The zero-order valence-electron chi connectivity index (χ0n) is 12.5. The van der Waals surface area contributed by atoms with Crippen molar-refractivity contribution in [2.75, 3.05) is 7.11 Å². The Hall–Kier alpha value is -2.25. The first kappa shape index (κ1) is 15.6. The normalized spacial score (nSPS) is 10.8. The highest BCUT2D eigenvalue weighted by Gasteiger charge is 2.20. The third-order valence-electron chi connectivity index (χ3n) is 3.50. The maximum Gasteiger partial charge on any atom is 0.127 e. The molecule has 0 spiro atoms. The number of halogens is 2. The second kappa shape index (κ2) is 6.89. The summed E-state index contributed by atoms with van der Waals surface area (Å²) in [5.74, 6) is 0.220. The van der Waals surface area contributed by atoms with E-state index in [1.54, 1.807) is 31.4 Å². The first-order chi connectivity index (χ1) is 11.2. The Labute approximate surface area is 135 Å². The van der Waals surface area contributed by atoms with Gasteiger partial charge in [-0.2, -0.15) is 0 Å². The molecule has 116 valence electrons. The number of rotatable bonds is 4. The van der Waals surface area contributed by atoms with E-state index in [9.17, 15) is 8.78 Å². The lowest BCUT2D eigenvalue weighted by Crippen LogP contribution is -2.22. The topological polar surface area (TPSA) is 9.23 Å². The van der Waals surface area contributed by atoms with Crippen LogP contribution in [0.1, 0.15) is 0 Å². The van der Waals surface area contributed by atoms with Gasteiger partial charge in [0, 0.05) is 5.30 Å². The molecular formula is C19H15F2OP. The van der Waals surface area contributed by atoms with Crippen LogP contribution in [-0.4, -0.2) is 7.11 Å². The monoisotopic (exact) mass is 328 g/mol. The molecule has 0 saturated carbocycles. The maximum atomic E-state index is 13.3. The predicted molar refractivity (Wildman–Crippen MR) is 91.6 cm³/mol. The van der Waals surface area contributed by atoms with Crippen LogP contribution >= 0.6 is 7.92 Å². The highest BCUT2D eigenvalue weighted by molar-refractivity contribution is 7.80. The Morgan fingerprint density at radius 1 is 0.696 bits per heavy atom. The van der Waals surface area contributed by atoms with Gasteiger partial charge in [0.25, 0.3) is 0 Å². The molecule has 0 saturated heterocycles. The molecule has 0 atom stereocenters. The van der Waals surface area contributed by atoms with Gasteiger partial charge in [-0.3, -0.25) is 0 Å². The molecule has 0 N–H and O–H groups in total. The summed E-state index contributed by atoms with van der Waals surface area (Å²) in [5.41, 5.74) is 0. The van der Waals surface area contributed by atoms with Crippen molar-refractivity contribution >= 4 is 23.8 Å². The summed E-state index contributed by atoms with van der Waals surface area (Å²) in [7, 11) is 0.671. The van der Waals surface area contributed by atoms with Crippen molar-refractivity contribution in [3.05, 3.63) is 84.4 Å². The molecule has 3 aromatic rings. The largest absolute Gasteiger partial charge is 0.496 e. The first-order valence-corrected chi connectivity index (χ1v) is 8.47. The van der Waals surface area contributed by atoms with Crippen molar-refractivity contribution in [1.29, 1.82) is 0 Å². The average Bonchev–Trinajstić information content (AvgIpc) is 2.59. The molecule has 0 fully saturated rings. The van der Waals surface area contributed by atoms with E-state index in [2.05, 4.69) is 0 Å². The summed E-state index contributed by atoms with van der Waals surface area (Å²) in [4.78, 5) is 0. The highest BCUT2D eigenvalue weighted by Crippen LogP contribution is 2.36. The van der Waals surface area contributed by atoms with Crippen LogP contribution in [0.2, 0.25) is 0 Å². The lowest BCUT2D eigenvalue weighted by Gasteiger charge is -2.21.